The van der Waals surface area contributed by atoms with Gasteiger partial charge in [-0.2, -0.15) is 0 Å². The van der Waals surface area contributed by atoms with Gasteiger partial charge < -0.3 is 9.64 Å². The molecular formula is C23H21NO3. The molecule has 0 aliphatic carbocycles. The molecule has 0 spiro atoms. The molecule has 0 bridgehead atoms. The van der Waals surface area contributed by atoms with E-state index in [-0.39, 0.29) is 18.3 Å². The van der Waals surface area contributed by atoms with Crippen molar-refractivity contribution in [2.45, 2.75) is 20.3 Å². The van der Waals surface area contributed by atoms with Crippen LogP contribution in [0.15, 0.2) is 60.7 Å². The van der Waals surface area contributed by atoms with E-state index in [1.165, 1.54) is 0 Å². The van der Waals surface area contributed by atoms with Crippen molar-refractivity contribution in [1.29, 1.82) is 0 Å². The van der Waals surface area contributed by atoms with Crippen LogP contribution in [-0.4, -0.2) is 18.4 Å². The molecule has 1 aliphatic rings. The van der Waals surface area contributed by atoms with Crippen LogP contribution in [0.4, 0.5) is 5.69 Å². The normalized spacial score (nSPS) is 16.7. The van der Waals surface area contributed by atoms with Crippen LogP contribution in [0.3, 0.4) is 0 Å². The highest BCUT2D eigenvalue weighted by molar-refractivity contribution is 6.00. The molecule has 136 valence electrons. The lowest BCUT2D eigenvalue weighted by molar-refractivity contribution is -0.139. The second kappa shape index (κ2) is 6.88. The first-order chi connectivity index (χ1) is 13.0. The van der Waals surface area contributed by atoms with Crippen molar-refractivity contribution in [3.05, 3.63) is 71.8 Å². The van der Waals surface area contributed by atoms with Crippen LogP contribution in [0.2, 0.25) is 0 Å². The Balaban J connectivity index is 1.50. The lowest BCUT2D eigenvalue weighted by Crippen LogP contribution is -2.27. The molecule has 1 fully saturated rings. The molecule has 4 heteroatoms. The predicted octanol–water partition coefficient (Wildman–Crippen LogP) is 4.42. The van der Waals surface area contributed by atoms with Crippen LogP contribution in [0, 0.1) is 19.8 Å². The van der Waals surface area contributed by atoms with E-state index in [2.05, 4.69) is 6.07 Å². The second-order valence-corrected chi connectivity index (χ2v) is 7.18. The van der Waals surface area contributed by atoms with Crippen molar-refractivity contribution >= 4 is 28.3 Å². The minimum absolute atomic E-state index is 0.0412. The number of anilines is 1. The number of ether oxygens (including phenoxy) is 1. The molecule has 3 aromatic carbocycles. The maximum Gasteiger partial charge on any atom is 0.316 e. The maximum absolute atomic E-state index is 12.6. The zero-order valence-electron chi connectivity index (χ0n) is 15.4. The third kappa shape index (κ3) is 3.56. The zero-order valence-corrected chi connectivity index (χ0v) is 15.4. The molecule has 4 nitrogen and oxygen atoms in total. The molecule has 1 saturated heterocycles. The Labute approximate surface area is 158 Å². The Morgan fingerprint density at radius 3 is 2.41 bits per heavy atom. The van der Waals surface area contributed by atoms with Gasteiger partial charge in [0.25, 0.3) is 0 Å². The number of fused-ring (bicyclic) bond motifs is 1. The second-order valence-electron chi connectivity index (χ2n) is 7.18. The average Bonchev–Trinajstić information content (AvgIpc) is 3.03. The van der Waals surface area contributed by atoms with Gasteiger partial charge in [0.15, 0.2) is 0 Å². The first-order valence-corrected chi connectivity index (χ1v) is 9.09. The van der Waals surface area contributed by atoms with Gasteiger partial charge in [0, 0.05) is 18.7 Å². The molecule has 1 aliphatic heterocycles. The highest BCUT2D eigenvalue weighted by atomic mass is 16.5. The Kier molecular flexibility index (Phi) is 4.40. The molecule has 1 atom stereocenters. The number of hydrogen-bond donors (Lipinski definition) is 0. The standard InChI is InChI=1S/C23H21NO3/c1-15-9-16(2)11-20(10-15)24-14-19(13-22(24)25)23(26)27-21-8-7-17-5-3-4-6-18(17)12-21/h3-12,19H,13-14H2,1-2H3/t19-/m0/s1. The summed E-state index contributed by atoms with van der Waals surface area (Å²) in [5, 5.41) is 2.11. The Bertz CT molecular complexity index is 1020. The van der Waals surface area contributed by atoms with Crippen molar-refractivity contribution in [3.63, 3.8) is 0 Å². The number of amides is 1. The van der Waals surface area contributed by atoms with E-state index in [0.29, 0.717) is 12.3 Å². The fraction of sp³-hybridized carbons (Fsp3) is 0.217. The van der Waals surface area contributed by atoms with E-state index in [1.54, 1.807) is 11.0 Å². The van der Waals surface area contributed by atoms with Crippen molar-refractivity contribution in [2.24, 2.45) is 5.92 Å². The summed E-state index contributed by atoms with van der Waals surface area (Å²) in [5.74, 6) is -0.341. The van der Waals surface area contributed by atoms with Crippen molar-refractivity contribution in [2.75, 3.05) is 11.4 Å². The van der Waals surface area contributed by atoms with Gasteiger partial charge in [0.2, 0.25) is 5.91 Å². The fourth-order valence-corrected chi connectivity index (χ4v) is 3.65. The number of carbonyl (C=O) groups excluding carboxylic acids is 2. The van der Waals surface area contributed by atoms with Gasteiger partial charge in [0.05, 0.1) is 5.92 Å². The Morgan fingerprint density at radius 2 is 1.67 bits per heavy atom. The number of rotatable bonds is 3. The number of aryl methyl sites for hydroxylation is 2. The summed E-state index contributed by atoms with van der Waals surface area (Å²) in [6.45, 7) is 4.36. The lowest BCUT2D eigenvalue weighted by Gasteiger charge is -2.18. The predicted molar refractivity (Wildman–Crippen MR) is 106 cm³/mol. The van der Waals surface area contributed by atoms with Crippen LogP contribution in [0.5, 0.6) is 5.75 Å². The third-order valence-corrected chi connectivity index (χ3v) is 4.92. The summed E-state index contributed by atoms with van der Waals surface area (Å²) >= 11 is 0. The highest BCUT2D eigenvalue weighted by Gasteiger charge is 2.36. The molecule has 0 saturated carbocycles. The largest absolute Gasteiger partial charge is 0.426 e. The van der Waals surface area contributed by atoms with Crippen LogP contribution >= 0.6 is 0 Å². The van der Waals surface area contributed by atoms with Gasteiger partial charge in [0.1, 0.15) is 5.75 Å². The van der Waals surface area contributed by atoms with Crippen LogP contribution in [-0.2, 0) is 9.59 Å². The van der Waals surface area contributed by atoms with Gasteiger partial charge >= 0.3 is 5.97 Å². The van der Waals surface area contributed by atoms with E-state index < -0.39 is 5.92 Å². The monoisotopic (exact) mass is 359 g/mol. The molecule has 0 unspecified atom stereocenters. The molecule has 0 aromatic heterocycles. The summed E-state index contributed by atoms with van der Waals surface area (Å²) in [6, 6.07) is 19.5. The summed E-state index contributed by atoms with van der Waals surface area (Å²) in [7, 11) is 0. The van der Waals surface area contributed by atoms with Crippen LogP contribution in [0.1, 0.15) is 17.5 Å². The number of hydrogen-bond acceptors (Lipinski definition) is 3. The van der Waals surface area contributed by atoms with Crippen molar-refractivity contribution in [1.82, 2.24) is 0 Å². The van der Waals surface area contributed by atoms with E-state index in [0.717, 1.165) is 27.6 Å². The molecule has 1 amide bonds. The lowest BCUT2D eigenvalue weighted by atomic mass is 10.1. The van der Waals surface area contributed by atoms with Gasteiger partial charge in [-0.1, -0.05) is 36.4 Å². The minimum Gasteiger partial charge on any atom is -0.426 e. The molecule has 0 N–H and O–H groups in total. The molecule has 4 rings (SSSR count). The quantitative estimate of drug-likeness (QED) is 0.514. The van der Waals surface area contributed by atoms with Gasteiger partial charge in [-0.15, -0.1) is 0 Å². The molecule has 0 radical (unpaired) electrons. The highest BCUT2D eigenvalue weighted by Crippen LogP contribution is 2.28. The first kappa shape index (κ1) is 17.3. The Hall–Kier alpha value is -3.14. The minimum atomic E-state index is -0.454. The third-order valence-electron chi connectivity index (χ3n) is 4.92. The molecule has 3 aromatic rings. The van der Waals surface area contributed by atoms with E-state index >= 15 is 0 Å². The topological polar surface area (TPSA) is 46.6 Å². The van der Waals surface area contributed by atoms with E-state index in [4.69, 9.17) is 4.74 Å². The van der Waals surface area contributed by atoms with Crippen LogP contribution in [0.25, 0.3) is 10.8 Å². The number of esters is 1. The maximum atomic E-state index is 12.6. The summed E-state index contributed by atoms with van der Waals surface area (Å²) < 4.78 is 5.57. The zero-order chi connectivity index (χ0) is 19.0. The van der Waals surface area contributed by atoms with Gasteiger partial charge in [-0.25, -0.2) is 0 Å². The number of carbonyl (C=O) groups is 2. The summed E-state index contributed by atoms with van der Waals surface area (Å²) in [6.07, 6.45) is 0.180. The summed E-state index contributed by atoms with van der Waals surface area (Å²) in [4.78, 5) is 26.8. The first-order valence-electron chi connectivity index (χ1n) is 9.09. The smallest absolute Gasteiger partial charge is 0.316 e. The van der Waals surface area contributed by atoms with Gasteiger partial charge in [-0.3, -0.25) is 9.59 Å². The molecule has 27 heavy (non-hydrogen) atoms. The molecule has 1 heterocycles. The summed E-state index contributed by atoms with van der Waals surface area (Å²) in [5.41, 5.74) is 3.04. The van der Waals surface area contributed by atoms with Crippen molar-refractivity contribution in [3.8, 4) is 5.75 Å². The van der Waals surface area contributed by atoms with Gasteiger partial charge in [-0.05, 0) is 60.0 Å². The number of benzene rings is 3. The number of nitrogens with zero attached hydrogens (tertiary/aromatic N) is 1. The van der Waals surface area contributed by atoms with E-state index in [9.17, 15) is 9.59 Å². The molecular weight excluding hydrogens is 338 g/mol. The van der Waals surface area contributed by atoms with E-state index in [1.807, 2.05) is 62.4 Å². The Morgan fingerprint density at radius 1 is 0.963 bits per heavy atom. The fourth-order valence-electron chi connectivity index (χ4n) is 3.65. The van der Waals surface area contributed by atoms with Crippen LogP contribution < -0.4 is 9.64 Å². The van der Waals surface area contributed by atoms with Crippen molar-refractivity contribution < 1.29 is 14.3 Å². The average molecular weight is 359 g/mol. The SMILES string of the molecule is Cc1cc(C)cc(N2C[C@@H](C(=O)Oc3ccc4ccccc4c3)CC2=O)c1.